The Balaban J connectivity index is 1.92. The summed E-state index contributed by atoms with van der Waals surface area (Å²) in [5.41, 5.74) is 1.64. The number of ether oxygens (including phenoxy) is 1. The number of carbonyl (C=O) groups excluding carboxylic acids is 1. The van der Waals surface area contributed by atoms with Crippen molar-refractivity contribution in [2.75, 3.05) is 7.11 Å². The summed E-state index contributed by atoms with van der Waals surface area (Å²) >= 11 is 0. The zero-order valence-corrected chi connectivity index (χ0v) is 13.2. The standard InChI is InChI=1S/C17H20N2O4/c1-10(20)14-15(11-6-8-13(22-2)9-7-11)19-23-16(14)17(21)18-12-4-3-5-12/h6-10,12,20H,3-5H2,1-2H3,(H,18,21). The summed E-state index contributed by atoms with van der Waals surface area (Å²) < 4.78 is 10.4. The largest absolute Gasteiger partial charge is 0.497 e. The van der Waals surface area contributed by atoms with Gasteiger partial charge in [-0.05, 0) is 50.5 Å². The minimum atomic E-state index is -0.861. The molecule has 0 spiro atoms. The van der Waals surface area contributed by atoms with Crippen molar-refractivity contribution in [3.05, 3.63) is 35.6 Å². The molecule has 6 nitrogen and oxygen atoms in total. The molecule has 1 unspecified atom stereocenters. The monoisotopic (exact) mass is 316 g/mol. The van der Waals surface area contributed by atoms with Crippen LogP contribution >= 0.6 is 0 Å². The van der Waals surface area contributed by atoms with Crippen LogP contribution in [0.3, 0.4) is 0 Å². The molecule has 122 valence electrons. The topological polar surface area (TPSA) is 84.6 Å². The Morgan fingerprint density at radius 3 is 2.61 bits per heavy atom. The van der Waals surface area contributed by atoms with Crippen LogP contribution in [0.5, 0.6) is 5.75 Å². The average Bonchev–Trinajstić information content (AvgIpc) is 2.96. The molecule has 0 bridgehead atoms. The first kappa shape index (κ1) is 15.6. The zero-order chi connectivity index (χ0) is 16.4. The lowest BCUT2D eigenvalue weighted by Crippen LogP contribution is -2.39. The number of hydrogen-bond donors (Lipinski definition) is 2. The van der Waals surface area contributed by atoms with Gasteiger partial charge in [0.25, 0.3) is 5.91 Å². The molecule has 1 aromatic carbocycles. The summed E-state index contributed by atoms with van der Waals surface area (Å²) in [5, 5.41) is 17.0. The summed E-state index contributed by atoms with van der Waals surface area (Å²) in [5.74, 6) is 0.481. The normalized spacial score (nSPS) is 15.8. The molecular formula is C17H20N2O4. The van der Waals surface area contributed by atoms with Crippen LogP contribution in [-0.4, -0.2) is 29.3 Å². The van der Waals surface area contributed by atoms with E-state index < -0.39 is 6.10 Å². The number of aliphatic hydroxyl groups is 1. The Kier molecular flexibility index (Phi) is 4.34. The predicted molar refractivity (Wildman–Crippen MR) is 84.2 cm³/mol. The van der Waals surface area contributed by atoms with Crippen LogP contribution in [0, 0.1) is 0 Å². The summed E-state index contributed by atoms with van der Waals surface area (Å²) in [6.07, 6.45) is 2.23. The highest BCUT2D eigenvalue weighted by atomic mass is 16.5. The van der Waals surface area contributed by atoms with Crippen molar-refractivity contribution in [3.8, 4) is 17.0 Å². The Bertz CT molecular complexity index is 687. The molecule has 23 heavy (non-hydrogen) atoms. The number of aliphatic hydroxyl groups excluding tert-OH is 1. The molecule has 1 fully saturated rings. The van der Waals surface area contributed by atoms with Crippen molar-refractivity contribution in [1.29, 1.82) is 0 Å². The van der Waals surface area contributed by atoms with Crippen molar-refractivity contribution in [3.63, 3.8) is 0 Å². The van der Waals surface area contributed by atoms with Crippen molar-refractivity contribution in [2.45, 2.75) is 38.3 Å². The molecule has 1 aliphatic rings. The third kappa shape index (κ3) is 3.07. The SMILES string of the molecule is COc1ccc(-c2noc(C(=O)NC3CCC3)c2C(C)O)cc1. The minimum Gasteiger partial charge on any atom is -0.497 e. The maximum atomic E-state index is 12.3. The lowest BCUT2D eigenvalue weighted by atomic mass is 9.93. The highest BCUT2D eigenvalue weighted by Gasteiger charge is 2.29. The highest BCUT2D eigenvalue weighted by molar-refractivity contribution is 5.94. The van der Waals surface area contributed by atoms with Crippen LogP contribution < -0.4 is 10.1 Å². The molecule has 0 saturated heterocycles. The van der Waals surface area contributed by atoms with Crippen LogP contribution in [0.25, 0.3) is 11.3 Å². The molecular weight excluding hydrogens is 296 g/mol. The first-order chi connectivity index (χ1) is 11.1. The van der Waals surface area contributed by atoms with E-state index in [9.17, 15) is 9.90 Å². The Morgan fingerprint density at radius 2 is 2.09 bits per heavy atom. The molecule has 0 radical (unpaired) electrons. The van der Waals surface area contributed by atoms with Gasteiger partial charge in [0.1, 0.15) is 11.4 Å². The van der Waals surface area contributed by atoms with Crippen molar-refractivity contribution >= 4 is 5.91 Å². The number of hydrogen-bond acceptors (Lipinski definition) is 5. The Hall–Kier alpha value is -2.34. The molecule has 1 saturated carbocycles. The summed E-state index contributed by atoms with van der Waals surface area (Å²) in [4.78, 5) is 12.3. The third-order valence-corrected chi connectivity index (χ3v) is 4.16. The van der Waals surface area contributed by atoms with E-state index in [1.54, 1.807) is 26.2 Å². The summed E-state index contributed by atoms with van der Waals surface area (Å²) in [6.45, 7) is 1.60. The third-order valence-electron chi connectivity index (χ3n) is 4.16. The number of nitrogens with zero attached hydrogens (tertiary/aromatic N) is 1. The first-order valence-electron chi connectivity index (χ1n) is 7.73. The average molecular weight is 316 g/mol. The number of benzene rings is 1. The van der Waals surface area contributed by atoms with Crippen LogP contribution in [-0.2, 0) is 0 Å². The lowest BCUT2D eigenvalue weighted by Gasteiger charge is -2.25. The fourth-order valence-electron chi connectivity index (χ4n) is 2.61. The zero-order valence-electron chi connectivity index (χ0n) is 13.2. The number of carbonyl (C=O) groups is 1. The van der Waals surface area contributed by atoms with Gasteiger partial charge < -0.3 is 19.7 Å². The summed E-state index contributed by atoms with van der Waals surface area (Å²) in [6, 6.07) is 7.42. The van der Waals surface area contributed by atoms with Gasteiger partial charge in [0, 0.05) is 11.6 Å². The molecule has 2 N–H and O–H groups in total. The van der Waals surface area contributed by atoms with E-state index in [-0.39, 0.29) is 17.7 Å². The highest BCUT2D eigenvalue weighted by Crippen LogP contribution is 2.32. The van der Waals surface area contributed by atoms with Gasteiger partial charge in [-0.3, -0.25) is 4.79 Å². The summed E-state index contributed by atoms with van der Waals surface area (Å²) in [7, 11) is 1.59. The van der Waals surface area contributed by atoms with Crippen molar-refractivity contribution < 1.29 is 19.2 Å². The molecule has 1 atom stereocenters. The number of methoxy groups -OCH3 is 1. The van der Waals surface area contributed by atoms with Gasteiger partial charge in [0.05, 0.1) is 18.8 Å². The fraction of sp³-hybridized carbons (Fsp3) is 0.412. The molecule has 6 heteroatoms. The molecule has 1 aliphatic carbocycles. The second kappa shape index (κ2) is 6.42. The van der Waals surface area contributed by atoms with E-state index in [1.807, 2.05) is 12.1 Å². The van der Waals surface area contributed by atoms with E-state index in [0.29, 0.717) is 11.3 Å². The van der Waals surface area contributed by atoms with Gasteiger partial charge in [-0.15, -0.1) is 0 Å². The quantitative estimate of drug-likeness (QED) is 0.886. The molecule has 0 aliphatic heterocycles. The maximum absolute atomic E-state index is 12.3. The van der Waals surface area contributed by atoms with Crippen molar-refractivity contribution in [1.82, 2.24) is 10.5 Å². The maximum Gasteiger partial charge on any atom is 0.290 e. The number of amides is 1. The molecule has 2 aromatic rings. The van der Waals surface area contributed by atoms with Crippen LogP contribution in [0.15, 0.2) is 28.8 Å². The van der Waals surface area contributed by atoms with E-state index in [2.05, 4.69) is 10.5 Å². The Labute approximate surface area is 134 Å². The molecule has 3 rings (SSSR count). The van der Waals surface area contributed by atoms with Crippen LogP contribution in [0.4, 0.5) is 0 Å². The molecule has 1 amide bonds. The van der Waals surface area contributed by atoms with Gasteiger partial charge in [0.15, 0.2) is 0 Å². The molecule has 1 aromatic heterocycles. The van der Waals surface area contributed by atoms with Crippen LogP contribution in [0.2, 0.25) is 0 Å². The van der Waals surface area contributed by atoms with Crippen LogP contribution in [0.1, 0.15) is 48.4 Å². The predicted octanol–water partition coefficient (Wildman–Crippen LogP) is 2.69. The lowest BCUT2D eigenvalue weighted by molar-refractivity contribution is 0.0871. The van der Waals surface area contributed by atoms with Gasteiger partial charge >= 0.3 is 0 Å². The smallest absolute Gasteiger partial charge is 0.290 e. The van der Waals surface area contributed by atoms with Gasteiger partial charge in [-0.1, -0.05) is 5.16 Å². The van der Waals surface area contributed by atoms with E-state index in [1.165, 1.54) is 0 Å². The van der Waals surface area contributed by atoms with Crippen molar-refractivity contribution in [2.24, 2.45) is 0 Å². The van der Waals surface area contributed by atoms with E-state index >= 15 is 0 Å². The number of rotatable bonds is 5. The Morgan fingerprint density at radius 1 is 1.39 bits per heavy atom. The first-order valence-corrected chi connectivity index (χ1v) is 7.73. The number of nitrogens with one attached hydrogen (secondary N) is 1. The molecule has 1 heterocycles. The second-order valence-electron chi connectivity index (χ2n) is 5.78. The minimum absolute atomic E-state index is 0.0812. The second-order valence-corrected chi connectivity index (χ2v) is 5.78. The van der Waals surface area contributed by atoms with E-state index in [4.69, 9.17) is 9.26 Å². The van der Waals surface area contributed by atoms with Gasteiger partial charge in [0.2, 0.25) is 5.76 Å². The van der Waals surface area contributed by atoms with Gasteiger partial charge in [-0.25, -0.2) is 0 Å². The number of aromatic nitrogens is 1. The van der Waals surface area contributed by atoms with E-state index in [0.717, 1.165) is 30.6 Å². The fourth-order valence-corrected chi connectivity index (χ4v) is 2.61. The van der Waals surface area contributed by atoms with Gasteiger partial charge in [-0.2, -0.15) is 0 Å².